The van der Waals surface area contributed by atoms with Gasteiger partial charge in [0.1, 0.15) is 11.3 Å². The number of pyridine rings is 2. The molecule has 13 heteroatoms. The number of aliphatic hydroxyl groups excluding tert-OH is 1. The Morgan fingerprint density at radius 1 is 0.571 bits per heavy atom. The molecule has 0 fully saturated rings. The number of carbonyl (C=O) groups is 2. The van der Waals surface area contributed by atoms with Gasteiger partial charge < -0.3 is 15.2 Å². The lowest BCUT2D eigenvalue weighted by molar-refractivity contribution is 0.0526. The van der Waals surface area contributed by atoms with Crippen molar-refractivity contribution in [1.29, 1.82) is 0 Å². The zero-order valence-electron chi connectivity index (χ0n) is 34.2. The maximum atomic E-state index is 12.0. The molecule has 0 saturated carbocycles. The number of amides is 1. The molecule has 0 spiro atoms. The van der Waals surface area contributed by atoms with E-state index in [4.69, 9.17) is 9.84 Å². The van der Waals surface area contributed by atoms with Crippen molar-refractivity contribution in [2.45, 2.75) is 6.92 Å². The number of nitrogens with zero attached hydrogens (tertiary/aromatic N) is 8. The van der Waals surface area contributed by atoms with Gasteiger partial charge in [-0.2, -0.15) is 10.2 Å². The van der Waals surface area contributed by atoms with E-state index in [0.717, 1.165) is 67.4 Å². The Hall–Kier alpha value is -8.42. The molecule has 0 saturated heterocycles. The minimum atomic E-state index is -0.306. The smallest absolute Gasteiger partial charge is 0.338 e. The summed E-state index contributed by atoms with van der Waals surface area (Å²) in [4.78, 5) is 33.1. The molecule has 4 aromatic carbocycles. The van der Waals surface area contributed by atoms with Crippen LogP contribution in [-0.2, 0) is 4.74 Å². The summed E-state index contributed by atoms with van der Waals surface area (Å²) in [5.41, 5.74) is 13.0. The van der Waals surface area contributed by atoms with Crippen LogP contribution in [0.15, 0.2) is 183 Å². The summed E-state index contributed by atoms with van der Waals surface area (Å²) in [7, 11) is 0. The Kier molecular flexibility index (Phi) is 11.5. The molecule has 13 nitrogen and oxygen atoms in total. The van der Waals surface area contributed by atoms with E-state index < -0.39 is 0 Å². The number of imidazole rings is 2. The Morgan fingerprint density at radius 3 is 1.54 bits per heavy atom. The van der Waals surface area contributed by atoms with Gasteiger partial charge in [-0.25, -0.2) is 24.1 Å². The predicted molar refractivity (Wildman–Crippen MR) is 242 cm³/mol. The Labute approximate surface area is 362 Å². The summed E-state index contributed by atoms with van der Waals surface area (Å²) in [6.07, 6.45) is 15.1. The van der Waals surface area contributed by atoms with Crippen LogP contribution in [0.2, 0.25) is 0 Å². The van der Waals surface area contributed by atoms with Crippen LogP contribution in [0.5, 0.6) is 0 Å². The SMILES string of the molecule is CCOC(=O)c1ccc(-c2ccn3c(-c4cccc(-n5cccn5)c4)cnc3c2)cc1.O=C(NCCO)c1ccc(-c2ccn3c(-c4cccc(-n5cccn5)c4)cnc3c2)cc1. The first-order chi connectivity index (χ1) is 30.9. The first-order valence-electron chi connectivity index (χ1n) is 20.4. The van der Waals surface area contributed by atoms with Gasteiger partial charge in [0.15, 0.2) is 0 Å². The molecule has 6 aromatic heterocycles. The fraction of sp³-hybridized carbons (Fsp3) is 0.0800. The van der Waals surface area contributed by atoms with Crippen LogP contribution in [0.1, 0.15) is 27.6 Å². The molecule has 0 aliphatic rings. The van der Waals surface area contributed by atoms with Crippen LogP contribution in [0.4, 0.5) is 0 Å². The molecule has 1 amide bonds. The predicted octanol–water partition coefficient (Wildman–Crippen LogP) is 8.61. The van der Waals surface area contributed by atoms with Crippen molar-refractivity contribution in [3.05, 3.63) is 194 Å². The van der Waals surface area contributed by atoms with Gasteiger partial charge in [0, 0.05) is 60.4 Å². The first-order valence-corrected chi connectivity index (χ1v) is 20.4. The van der Waals surface area contributed by atoms with Gasteiger partial charge >= 0.3 is 5.97 Å². The van der Waals surface area contributed by atoms with Crippen molar-refractivity contribution >= 4 is 23.2 Å². The molecule has 2 N–H and O–H groups in total. The van der Waals surface area contributed by atoms with E-state index in [0.29, 0.717) is 17.7 Å². The fourth-order valence-corrected chi connectivity index (χ4v) is 7.30. The third-order valence-electron chi connectivity index (χ3n) is 10.5. The molecule has 0 bridgehead atoms. The van der Waals surface area contributed by atoms with Crippen LogP contribution in [0.25, 0.3) is 67.4 Å². The number of hydrogen-bond acceptors (Lipinski definition) is 8. The normalized spacial score (nSPS) is 11.0. The van der Waals surface area contributed by atoms with Crippen molar-refractivity contribution in [3.63, 3.8) is 0 Å². The topological polar surface area (TPSA) is 146 Å². The van der Waals surface area contributed by atoms with Crippen LogP contribution in [-0.4, -0.2) is 75.1 Å². The highest BCUT2D eigenvalue weighted by molar-refractivity contribution is 5.94. The molecule has 0 aliphatic heterocycles. The highest BCUT2D eigenvalue weighted by Gasteiger charge is 2.13. The van der Waals surface area contributed by atoms with E-state index in [1.807, 2.05) is 125 Å². The summed E-state index contributed by atoms with van der Waals surface area (Å²) in [5, 5.41) is 20.1. The van der Waals surface area contributed by atoms with Gasteiger partial charge in [0.05, 0.1) is 53.9 Å². The summed E-state index contributed by atoms with van der Waals surface area (Å²) in [5.74, 6) is -0.504. The van der Waals surface area contributed by atoms with Crippen molar-refractivity contribution in [3.8, 4) is 56.1 Å². The van der Waals surface area contributed by atoms with Gasteiger partial charge in [-0.3, -0.25) is 13.6 Å². The first kappa shape index (κ1) is 40.0. The fourth-order valence-electron chi connectivity index (χ4n) is 7.30. The number of aliphatic hydroxyl groups is 1. The van der Waals surface area contributed by atoms with E-state index in [1.54, 1.807) is 43.6 Å². The number of hydrogen-bond donors (Lipinski definition) is 2. The number of ether oxygens (including phenoxy) is 1. The van der Waals surface area contributed by atoms with Crippen molar-refractivity contribution in [2.75, 3.05) is 19.8 Å². The standard InChI is InChI=1S/C25H21N5O2.C25H20N4O2/c31-14-11-26-25(32)19-7-5-18(6-8-19)20-9-13-29-23(17-27-24(29)16-20)21-3-1-4-22(15-21)30-12-2-10-28-30;1-2-31-25(30)19-9-7-18(8-10-19)20-11-14-28-23(17-26-24(28)16-20)21-5-3-6-22(15-21)29-13-4-12-27-29/h1-10,12-13,15-17,31H,11,14H2,(H,26,32);3-17H,2H2,1H3. The van der Waals surface area contributed by atoms with Crippen LogP contribution < -0.4 is 5.32 Å². The zero-order chi connectivity index (χ0) is 43.1. The maximum Gasteiger partial charge on any atom is 0.338 e. The second kappa shape index (κ2) is 18.1. The number of rotatable bonds is 11. The number of esters is 1. The Balaban J connectivity index is 0.000000160. The average molecular weight is 832 g/mol. The molecule has 0 radical (unpaired) electrons. The molecule has 0 aliphatic carbocycles. The third kappa shape index (κ3) is 8.62. The molecule has 0 unspecified atom stereocenters. The summed E-state index contributed by atoms with van der Waals surface area (Å²) < 4.78 is 12.8. The largest absolute Gasteiger partial charge is 0.462 e. The number of carbonyl (C=O) groups excluding carboxylic acids is 2. The molecular formula is C50H41N9O4. The van der Waals surface area contributed by atoms with E-state index in [-0.39, 0.29) is 25.0 Å². The average Bonchev–Trinajstić information content (AvgIpc) is 4.19. The minimum absolute atomic E-state index is 0.0797. The maximum absolute atomic E-state index is 12.0. The second-order valence-electron chi connectivity index (χ2n) is 14.4. The van der Waals surface area contributed by atoms with Crippen LogP contribution in [0, 0.1) is 0 Å². The number of nitrogens with one attached hydrogen (secondary N) is 1. The van der Waals surface area contributed by atoms with E-state index in [2.05, 4.69) is 64.6 Å². The highest BCUT2D eigenvalue weighted by atomic mass is 16.5. The lowest BCUT2D eigenvalue weighted by Crippen LogP contribution is -2.26. The Bertz CT molecular complexity index is 3150. The van der Waals surface area contributed by atoms with Crippen molar-refractivity contribution < 1.29 is 19.4 Å². The minimum Gasteiger partial charge on any atom is -0.462 e. The highest BCUT2D eigenvalue weighted by Crippen LogP contribution is 2.29. The quantitative estimate of drug-likeness (QED) is 0.123. The van der Waals surface area contributed by atoms with Crippen molar-refractivity contribution in [1.82, 2.24) is 43.6 Å². The molecular weight excluding hydrogens is 791 g/mol. The third-order valence-corrected chi connectivity index (χ3v) is 10.5. The lowest BCUT2D eigenvalue weighted by Gasteiger charge is -2.08. The monoisotopic (exact) mass is 831 g/mol. The molecule has 6 heterocycles. The number of fused-ring (bicyclic) bond motifs is 2. The van der Waals surface area contributed by atoms with Gasteiger partial charge in [0.2, 0.25) is 0 Å². The van der Waals surface area contributed by atoms with Gasteiger partial charge in [-0.05, 0) is 114 Å². The van der Waals surface area contributed by atoms with E-state index in [1.165, 1.54) is 0 Å². The van der Waals surface area contributed by atoms with Crippen LogP contribution in [0.3, 0.4) is 0 Å². The molecule has 63 heavy (non-hydrogen) atoms. The van der Waals surface area contributed by atoms with Gasteiger partial charge in [-0.15, -0.1) is 0 Å². The number of benzene rings is 4. The molecule has 310 valence electrons. The van der Waals surface area contributed by atoms with Gasteiger partial charge in [-0.1, -0.05) is 48.5 Å². The summed E-state index contributed by atoms with van der Waals surface area (Å²) >= 11 is 0. The van der Waals surface area contributed by atoms with Crippen molar-refractivity contribution in [2.24, 2.45) is 0 Å². The lowest BCUT2D eigenvalue weighted by atomic mass is 10.0. The van der Waals surface area contributed by atoms with E-state index >= 15 is 0 Å². The molecule has 10 aromatic rings. The van der Waals surface area contributed by atoms with Gasteiger partial charge in [0.25, 0.3) is 5.91 Å². The second-order valence-corrected chi connectivity index (χ2v) is 14.4. The van der Waals surface area contributed by atoms with Crippen LogP contribution >= 0.6 is 0 Å². The summed E-state index contributed by atoms with van der Waals surface area (Å²) in [6, 6.07) is 43.2. The Morgan fingerprint density at radius 2 is 1.08 bits per heavy atom. The van der Waals surface area contributed by atoms with E-state index in [9.17, 15) is 9.59 Å². The summed E-state index contributed by atoms with van der Waals surface area (Å²) in [6.45, 7) is 2.33. The molecule has 10 rings (SSSR count). The number of aromatic nitrogens is 8. The molecule has 0 atom stereocenters. The zero-order valence-corrected chi connectivity index (χ0v) is 34.2.